The number of hydrogen-bond donors (Lipinski definition) is 0. The van der Waals surface area contributed by atoms with E-state index < -0.39 is 15.9 Å². The topological polar surface area (TPSA) is 72.9 Å². The van der Waals surface area contributed by atoms with Crippen molar-refractivity contribution in [1.29, 1.82) is 0 Å². The smallest absolute Gasteiger partial charge is 0.259 e. The Balaban J connectivity index is 2.05. The molecule has 0 N–H and O–H groups in total. The van der Waals surface area contributed by atoms with Crippen LogP contribution in [0.3, 0.4) is 0 Å². The van der Waals surface area contributed by atoms with Crippen LogP contribution in [-0.4, -0.2) is 40.3 Å². The summed E-state index contributed by atoms with van der Waals surface area (Å²) in [7, 11) is -0.305. The van der Waals surface area contributed by atoms with Gasteiger partial charge < -0.3 is 14.4 Å². The maximum atomic E-state index is 13.3. The first-order valence-corrected chi connectivity index (χ1v) is 9.68. The average Bonchev–Trinajstić information content (AvgIpc) is 3.01. The molecule has 1 amide bonds. The third-order valence-corrected chi connectivity index (χ3v) is 5.47. The Morgan fingerprint density at radius 3 is 2.15 bits per heavy atom. The van der Waals surface area contributed by atoms with E-state index in [4.69, 9.17) is 9.47 Å². The zero-order valence-electron chi connectivity index (χ0n) is 14.5. The fraction of sp³-hybridized carbons (Fsp3) is 0.211. The second-order valence-electron chi connectivity index (χ2n) is 5.84. The minimum Gasteiger partial charge on any atom is -0.497 e. The Morgan fingerprint density at radius 1 is 1.04 bits per heavy atom. The number of carbonyl (C=O) groups excluding carboxylic acids is 1. The number of anilines is 1. The van der Waals surface area contributed by atoms with Gasteiger partial charge in [0.05, 0.1) is 26.0 Å². The molecule has 1 aliphatic rings. The van der Waals surface area contributed by atoms with Crippen molar-refractivity contribution < 1.29 is 22.7 Å². The van der Waals surface area contributed by atoms with Crippen molar-refractivity contribution >= 4 is 21.4 Å². The lowest BCUT2D eigenvalue weighted by atomic mass is 10.1. The molecule has 2 aromatic rings. The SMILES string of the molecule is COc1cc(OC)cc(C(=O)N(c2ccccc2)[C@H]2C=CS(=O)(=O)C2)c1. The van der Waals surface area contributed by atoms with Crippen LogP contribution in [0, 0.1) is 0 Å². The first-order chi connectivity index (χ1) is 12.4. The number of methoxy groups -OCH3 is 2. The van der Waals surface area contributed by atoms with Gasteiger partial charge in [-0.1, -0.05) is 18.2 Å². The third-order valence-electron chi connectivity index (χ3n) is 4.09. The van der Waals surface area contributed by atoms with Gasteiger partial charge >= 0.3 is 0 Å². The van der Waals surface area contributed by atoms with Crippen LogP contribution in [0.25, 0.3) is 0 Å². The lowest BCUT2D eigenvalue weighted by Gasteiger charge is -2.28. The van der Waals surface area contributed by atoms with Gasteiger partial charge in [0.15, 0.2) is 9.84 Å². The normalized spacial score (nSPS) is 17.7. The highest BCUT2D eigenvalue weighted by Gasteiger charge is 2.32. The van der Waals surface area contributed by atoms with Crippen molar-refractivity contribution in [3.8, 4) is 11.5 Å². The zero-order chi connectivity index (χ0) is 18.7. The minimum absolute atomic E-state index is 0.144. The number of benzene rings is 2. The molecule has 0 aromatic heterocycles. The van der Waals surface area contributed by atoms with E-state index in [1.165, 1.54) is 25.2 Å². The summed E-state index contributed by atoms with van der Waals surface area (Å²) < 4.78 is 34.2. The second kappa shape index (κ2) is 7.21. The van der Waals surface area contributed by atoms with Crippen LogP contribution < -0.4 is 14.4 Å². The molecule has 0 saturated heterocycles. The summed E-state index contributed by atoms with van der Waals surface area (Å²) >= 11 is 0. The summed E-state index contributed by atoms with van der Waals surface area (Å²) in [6, 6.07) is 13.3. The Morgan fingerprint density at radius 2 is 1.65 bits per heavy atom. The van der Waals surface area contributed by atoms with E-state index in [1.807, 2.05) is 6.07 Å². The molecule has 1 aliphatic heterocycles. The van der Waals surface area contributed by atoms with Crippen LogP contribution in [0.15, 0.2) is 60.0 Å². The monoisotopic (exact) mass is 373 g/mol. The third kappa shape index (κ3) is 3.72. The van der Waals surface area contributed by atoms with E-state index in [9.17, 15) is 13.2 Å². The summed E-state index contributed by atoms with van der Waals surface area (Å²) in [5.74, 6) is 0.486. The molecule has 1 heterocycles. The van der Waals surface area contributed by atoms with Crippen LogP contribution in [0.4, 0.5) is 5.69 Å². The zero-order valence-corrected chi connectivity index (χ0v) is 15.3. The summed E-state index contributed by atoms with van der Waals surface area (Å²) in [4.78, 5) is 14.7. The first kappa shape index (κ1) is 18.0. The highest BCUT2D eigenvalue weighted by molar-refractivity contribution is 7.94. The van der Waals surface area contributed by atoms with Crippen molar-refractivity contribution in [2.45, 2.75) is 6.04 Å². The van der Waals surface area contributed by atoms with Gasteiger partial charge in [-0.15, -0.1) is 0 Å². The van der Waals surface area contributed by atoms with E-state index in [-0.39, 0.29) is 11.7 Å². The molecule has 0 aliphatic carbocycles. The van der Waals surface area contributed by atoms with Crippen molar-refractivity contribution in [3.05, 3.63) is 65.6 Å². The lowest BCUT2D eigenvalue weighted by Crippen LogP contribution is -2.41. The minimum atomic E-state index is -3.31. The summed E-state index contributed by atoms with van der Waals surface area (Å²) in [5, 5.41) is 1.16. The lowest BCUT2D eigenvalue weighted by molar-refractivity contribution is 0.0982. The van der Waals surface area contributed by atoms with Crippen LogP contribution >= 0.6 is 0 Å². The Bertz CT molecular complexity index is 915. The average molecular weight is 373 g/mol. The van der Waals surface area contributed by atoms with Gasteiger partial charge in [-0.05, 0) is 30.3 Å². The number of sulfone groups is 1. The van der Waals surface area contributed by atoms with E-state index >= 15 is 0 Å². The van der Waals surface area contributed by atoms with Gasteiger partial charge in [-0.2, -0.15) is 0 Å². The number of hydrogen-bond acceptors (Lipinski definition) is 5. The maximum absolute atomic E-state index is 13.3. The van der Waals surface area contributed by atoms with Gasteiger partial charge in [0.1, 0.15) is 11.5 Å². The van der Waals surface area contributed by atoms with E-state index in [0.29, 0.717) is 22.7 Å². The predicted molar refractivity (Wildman–Crippen MR) is 99.5 cm³/mol. The Kier molecular flexibility index (Phi) is 4.99. The molecule has 0 spiro atoms. The fourth-order valence-corrected chi connectivity index (χ4v) is 4.11. The quantitative estimate of drug-likeness (QED) is 0.806. The van der Waals surface area contributed by atoms with Crippen molar-refractivity contribution in [2.75, 3.05) is 24.9 Å². The summed E-state index contributed by atoms with van der Waals surface area (Å²) in [6.07, 6.45) is 1.54. The molecule has 136 valence electrons. The predicted octanol–water partition coefficient (Wildman–Crippen LogP) is 2.66. The number of ether oxygens (including phenoxy) is 2. The summed E-state index contributed by atoms with van der Waals surface area (Å²) in [5.41, 5.74) is 0.966. The largest absolute Gasteiger partial charge is 0.497 e. The molecular formula is C19H19NO5S. The molecule has 1 atom stereocenters. The highest BCUT2D eigenvalue weighted by atomic mass is 32.2. The number of para-hydroxylation sites is 1. The highest BCUT2D eigenvalue weighted by Crippen LogP contribution is 2.28. The Hall–Kier alpha value is -2.80. The number of rotatable bonds is 5. The number of carbonyl (C=O) groups is 1. The molecular weight excluding hydrogens is 354 g/mol. The van der Waals surface area contributed by atoms with Gasteiger partial charge in [0.2, 0.25) is 0 Å². The molecule has 0 bridgehead atoms. The van der Waals surface area contributed by atoms with Crippen molar-refractivity contribution in [2.24, 2.45) is 0 Å². The van der Waals surface area contributed by atoms with Gasteiger partial charge in [0.25, 0.3) is 5.91 Å². The molecule has 0 radical (unpaired) electrons. The molecule has 7 heteroatoms. The molecule has 0 fully saturated rings. The van der Waals surface area contributed by atoms with Crippen LogP contribution in [0.2, 0.25) is 0 Å². The van der Waals surface area contributed by atoms with E-state index in [1.54, 1.807) is 42.5 Å². The Labute approximate surface area is 152 Å². The maximum Gasteiger partial charge on any atom is 0.259 e. The molecule has 6 nitrogen and oxygen atoms in total. The summed E-state index contributed by atoms with van der Waals surface area (Å²) in [6.45, 7) is 0. The number of amides is 1. The van der Waals surface area contributed by atoms with Crippen molar-refractivity contribution in [1.82, 2.24) is 0 Å². The van der Waals surface area contributed by atoms with E-state index in [0.717, 1.165) is 5.41 Å². The first-order valence-electron chi connectivity index (χ1n) is 7.96. The van der Waals surface area contributed by atoms with Crippen LogP contribution in [0.5, 0.6) is 11.5 Å². The van der Waals surface area contributed by atoms with Crippen molar-refractivity contribution in [3.63, 3.8) is 0 Å². The molecule has 2 aromatic carbocycles. The second-order valence-corrected chi connectivity index (χ2v) is 7.77. The molecule has 26 heavy (non-hydrogen) atoms. The van der Waals surface area contributed by atoms with Crippen LogP contribution in [-0.2, 0) is 9.84 Å². The van der Waals surface area contributed by atoms with Gasteiger partial charge in [-0.25, -0.2) is 8.42 Å². The molecule has 3 rings (SSSR count). The van der Waals surface area contributed by atoms with Crippen LogP contribution in [0.1, 0.15) is 10.4 Å². The molecule has 0 unspecified atom stereocenters. The standard InChI is InChI=1S/C19H19NO5S/c1-24-17-10-14(11-18(12-17)25-2)19(21)20(15-6-4-3-5-7-15)16-8-9-26(22,23)13-16/h3-12,16H,13H2,1-2H3/t16-/m0/s1. The number of nitrogens with zero attached hydrogens (tertiary/aromatic N) is 1. The molecule has 0 saturated carbocycles. The van der Waals surface area contributed by atoms with Gasteiger partial charge in [0, 0.05) is 22.7 Å². The fourth-order valence-electron chi connectivity index (χ4n) is 2.84. The van der Waals surface area contributed by atoms with E-state index in [2.05, 4.69) is 0 Å². The van der Waals surface area contributed by atoms with Gasteiger partial charge in [-0.3, -0.25) is 4.79 Å².